The van der Waals surface area contributed by atoms with Gasteiger partial charge in [-0.05, 0) is 55.7 Å². The predicted molar refractivity (Wildman–Crippen MR) is 107 cm³/mol. The van der Waals surface area contributed by atoms with Crippen molar-refractivity contribution in [3.63, 3.8) is 0 Å². The first-order chi connectivity index (χ1) is 13.7. The van der Waals surface area contributed by atoms with Crippen LogP contribution in [-0.2, 0) is 11.2 Å². The fourth-order valence-corrected chi connectivity index (χ4v) is 4.48. The first-order valence-corrected chi connectivity index (χ1v) is 10.4. The summed E-state index contributed by atoms with van der Waals surface area (Å²) in [6, 6.07) is 14.0. The van der Waals surface area contributed by atoms with Gasteiger partial charge in [0.25, 0.3) is 5.91 Å². The van der Waals surface area contributed by atoms with E-state index in [1.807, 2.05) is 4.90 Å². The van der Waals surface area contributed by atoms with Gasteiger partial charge in [0.1, 0.15) is 0 Å². The van der Waals surface area contributed by atoms with E-state index in [0.717, 1.165) is 45.2 Å². The van der Waals surface area contributed by atoms with Crippen molar-refractivity contribution < 1.29 is 14.0 Å². The third kappa shape index (κ3) is 4.29. The molecule has 0 aliphatic carbocycles. The van der Waals surface area contributed by atoms with Gasteiger partial charge in [0.05, 0.1) is 12.2 Å². The van der Waals surface area contributed by atoms with Gasteiger partial charge in [-0.3, -0.25) is 9.59 Å². The summed E-state index contributed by atoms with van der Waals surface area (Å²) in [6.07, 6.45) is 6.46. The molecular weight excluding hydrogens is 352 g/mol. The lowest BCUT2D eigenvalue weighted by molar-refractivity contribution is -0.138. The second-order valence-electron chi connectivity index (χ2n) is 8.03. The molecule has 2 aromatic rings. The van der Waals surface area contributed by atoms with E-state index >= 15 is 0 Å². The molecule has 2 aliphatic rings. The molecule has 2 aliphatic heterocycles. The number of furan rings is 1. The van der Waals surface area contributed by atoms with E-state index in [-0.39, 0.29) is 17.7 Å². The molecule has 148 valence electrons. The van der Waals surface area contributed by atoms with Crippen LogP contribution in [0.2, 0.25) is 0 Å². The quantitative estimate of drug-likeness (QED) is 0.814. The summed E-state index contributed by atoms with van der Waals surface area (Å²) < 4.78 is 5.23. The predicted octanol–water partition coefficient (Wildman–Crippen LogP) is 3.61. The van der Waals surface area contributed by atoms with E-state index in [2.05, 4.69) is 30.3 Å². The molecule has 2 saturated heterocycles. The van der Waals surface area contributed by atoms with Crippen LogP contribution in [0, 0.1) is 11.8 Å². The molecule has 5 heteroatoms. The number of hydrogen-bond donors (Lipinski definition) is 0. The van der Waals surface area contributed by atoms with E-state index in [1.54, 1.807) is 17.0 Å². The van der Waals surface area contributed by atoms with Gasteiger partial charge in [-0.15, -0.1) is 0 Å². The highest BCUT2D eigenvalue weighted by Crippen LogP contribution is 2.26. The lowest BCUT2D eigenvalue weighted by Gasteiger charge is -2.37. The molecule has 28 heavy (non-hydrogen) atoms. The standard InChI is InChI=1S/C23H28N2O3/c26-22(20-8-4-12-25(17-20)23(27)21-9-5-15-28-21)24-13-10-19(11-14-24)16-18-6-2-1-3-7-18/h1-3,5-7,9,15,19-20H,4,8,10-14,16-17H2. The number of nitrogens with zero attached hydrogens (tertiary/aromatic N) is 2. The zero-order valence-electron chi connectivity index (χ0n) is 16.3. The third-order valence-electron chi connectivity index (χ3n) is 6.08. The zero-order valence-corrected chi connectivity index (χ0v) is 16.3. The Kier molecular flexibility index (Phi) is 5.79. The Morgan fingerprint density at radius 2 is 1.71 bits per heavy atom. The molecular formula is C23H28N2O3. The maximum absolute atomic E-state index is 13.0. The molecule has 5 nitrogen and oxygen atoms in total. The van der Waals surface area contributed by atoms with Crippen LogP contribution in [0.5, 0.6) is 0 Å². The minimum Gasteiger partial charge on any atom is -0.459 e. The normalized spacial score (nSPS) is 20.9. The second kappa shape index (κ2) is 8.63. The fourth-order valence-electron chi connectivity index (χ4n) is 4.48. The van der Waals surface area contributed by atoms with Gasteiger partial charge in [0.15, 0.2) is 5.76 Å². The Bertz CT molecular complexity index is 779. The highest BCUT2D eigenvalue weighted by Gasteiger charge is 2.33. The largest absolute Gasteiger partial charge is 0.459 e. The van der Waals surface area contributed by atoms with Crippen molar-refractivity contribution in [2.75, 3.05) is 26.2 Å². The monoisotopic (exact) mass is 380 g/mol. The number of piperidine rings is 2. The number of carbonyl (C=O) groups is 2. The third-order valence-corrected chi connectivity index (χ3v) is 6.08. The van der Waals surface area contributed by atoms with Gasteiger partial charge in [0.2, 0.25) is 5.91 Å². The number of rotatable bonds is 4. The van der Waals surface area contributed by atoms with Gasteiger partial charge in [-0.1, -0.05) is 30.3 Å². The highest BCUT2D eigenvalue weighted by atomic mass is 16.3. The first kappa shape index (κ1) is 18.8. The van der Waals surface area contributed by atoms with Crippen molar-refractivity contribution in [2.24, 2.45) is 11.8 Å². The fraction of sp³-hybridized carbons (Fsp3) is 0.478. The zero-order chi connectivity index (χ0) is 19.3. The molecule has 1 aromatic carbocycles. The summed E-state index contributed by atoms with van der Waals surface area (Å²) in [4.78, 5) is 29.4. The van der Waals surface area contributed by atoms with Crippen molar-refractivity contribution >= 4 is 11.8 Å². The molecule has 1 aromatic heterocycles. The van der Waals surface area contributed by atoms with E-state index in [9.17, 15) is 9.59 Å². The van der Waals surface area contributed by atoms with E-state index in [4.69, 9.17) is 4.42 Å². The lowest BCUT2D eigenvalue weighted by Crippen LogP contribution is -2.48. The molecule has 0 spiro atoms. The summed E-state index contributed by atoms with van der Waals surface area (Å²) in [7, 11) is 0. The van der Waals surface area contributed by atoms with Crippen molar-refractivity contribution in [1.82, 2.24) is 9.80 Å². The summed E-state index contributed by atoms with van der Waals surface area (Å²) in [5.41, 5.74) is 1.38. The summed E-state index contributed by atoms with van der Waals surface area (Å²) in [5, 5.41) is 0. The number of likely N-dealkylation sites (tertiary alicyclic amines) is 2. The van der Waals surface area contributed by atoms with Crippen LogP contribution >= 0.6 is 0 Å². The molecule has 2 amide bonds. The lowest BCUT2D eigenvalue weighted by atomic mass is 9.89. The smallest absolute Gasteiger partial charge is 0.289 e. The summed E-state index contributed by atoms with van der Waals surface area (Å²) in [6.45, 7) is 2.86. The Balaban J connectivity index is 1.29. The van der Waals surface area contributed by atoms with Crippen molar-refractivity contribution in [3.05, 3.63) is 60.1 Å². The Labute approximate surface area is 166 Å². The second-order valence-corrected chi connectivity index (χ2v) is 8.03. The van der Waals surface area contributed by atoms with Gasteiger partial charge in [0, 0.05) is 26.2 Å². The van der Waals surface area contributed by atoms with Crippen LogP contribution in [0.1, 0.15) is 41.8 Å². The average Bonchev–Trinajstić information content (AvgIpc) is 3.29. The number of amides is 2. The minimum absolute atomic E-state index is 0.0849. The minimum atomic E-state index is -0.107. The molecule has 0 bridgehead atoms. The highest BCUT2D eigenvalue weighted by molar-refractivity contribution is 5.92. The molecule has 3 heterocycles. The summed E-state index contributed by atoms with van der Waals surface area (Å²) >= 11 is 0. The molecule has 0 N–H and O–H groups in total. The first-order valence-electron chi connectivity index (χ1n) is 10.4. The van der Waals surface area contributed by atoms with E-state index in [0.29, 0.717) is 24.8 Å². The molecule has 0 radical (unpaired) electrons. The van der Waals surface area contributed by atoms with E-state index in [1.165, 1.54) is 11.8 Å². The van der Waals surface area contributed by atoms with Crippen LogP contribution in [-0.4, -0.2) is 47.8 Å². The molecule has 1 atom stereocenters. The van der Waals surface area contributed by atoms with Gasteiger partial charge in [-0.25, -0.2) is 0 Å². The van der Waals surface area contributed by atoms with Gasteiger partial charge < -0.3 is 14.2 Å². The molecule has 1 unspecified atom stereocenters. The van der Waals surface area contributed by atoms with Crippen LogP contribution in [0.15, 0.2) is 53.1 Å². The van der Waals surface area contributed by atoms with E-state index < -0.39 is 0 Å². The maximum Gasteiger partial charge on any atom is 0.289 e. The molecule has 0 saturated carbocycles. The van der Waals surface area contributed by atoms with Crippen LogP contribution in [0.4, 0.5) is 0 Å². The van der Waals surface area contributed by atoms with Crippen LogP contribution < -0.4 is 0 Å². The van der Waals surface area contributed by atoms with Crippen molar-refractivity contribution in [3.8, 4) is 0 Å². The Morgan fingerprint density at radius 1 is 0.929 bits per heavy atom. The van der Waals surface area contributed by atoms with Gasteiger partial charge >= 0.3 is 0 Å². The Hall–Kier alpha value is -2.56. The van der Waals surface area contributed by atoms with Crippen molar-refractivity contribution in [1.29, 1.82) is 0 Å². The number of benzene rings is 1. The number of carbonyl (C=O) groups excluding carboxylic acids is 2. The SMILES string of the molecule is O=C(c1ccco1)N1CCCC(C(=O)N2CCC(Cc3ccccc3)CC2)C1. The van der Waals surface area contributed by atoms with Crippen molar-refractivity contribution in [2.45, 2.75) is 32.1 Å². The number of hydrogen-bond acceptors (Lipinski definition) is 3. The molecule has 4 rings (SSSR count). The van der Waals surface area contributed by atoms with Gasteiger partial charge in [-0.2, -0.15) is 0 Å². The van der Waals surface area contributed by atoms with Crippen LogP contribution in [0.25, 0.3) is 0 Å². The Morgan fingerprint density at radius 3 is 2.43 bits per heavy atom. The average molecular weight is 380 g/mol. The molecule has 2 fully saturated rings. The maximum atomic E-state index is 13.0. The van der Waals surface area contributed by atoms with Crippen LogP contribution in [0.3, 0.4) is 0 Å². The summed E-state index contributed by atoms with van der Waals surface area (Å²) in [5.74, 6) is 1.03. The topological polar surface area (TPSA) is 53.8 Å².